The number of nitrogens with zero attached hydrogens (tertiary/aromatic N) is 1. The van der Waals surface area contributed by atoms with Crippen LogP contribution in [0.1, 0.15) is 12.8 Å². The van der Waals surface area contributed by atoms with Gasteiger partial charge in [0.2, 0.25) is 0 Å². The highest BCUT2D eigenvalue weighted by Gasteiger charge is 2.22. The summed E-state index contributed by atoms with van der Waals surface area (Å²) in [5, 5.41) is 8.53. The molecule has 2 aromatic rings. The van der Waals surface area contributed by atoms with Crippen molar-refractivity contribution in [1.29, 1.82) is 0 Å². The summed E-state index contributed by atoms with van der Waals surface area (Å²) in [6.45, 7) is 0. The molecule has 0 saturated heterocycles. The number of thiophene rings is 1. The molecule has 0 unspecified atom stereocenters. The zero-order valence-electron chi connectivity index (χ0n) is 7.87. The Labute approximate surface area is 101 Å². The Hall–Kier alpha value is -0.580. The third-order valence-corrected chi connectivity index (χ3v) is 4.14. The fraction of sp³-hybridized carbons (Fsp3) is 0.300. The van der Waals surface area contributed by atoms with Crippen LogP contribution in [0.5, 0.6) is 0 Å². The number of nitrogens with one attached hydrogen (secondary N) is 1. The SMILES string of the molecule is Clc1cc(-c2csc(NC3CC3)n2)cs1. The Morgan fingerprint density at radius 1 is 1.33 bits per heavy atom. The Morgan fingerprint density at radius 2 is 2.20 bits per heavy atom. The van der Waals surface area contributed by atoms with Gasteiger partial charge in [-0.05, 0) is 18.9 Å². The van der Waals surface area contributed by atoms with E-state index in [1.807, 2.05) is 11.4 Å². The summed E-state index contributed by atoms with van der Waals surface area (Å²) >= 11 is 9.10. The molecular weight excluding hydrogens is 248 g/mol. The fourth-order valence-electron chi connectivity index (χ4n) is 1.32. The molecule has 0 aromatic carbocycles. The molecular formula is C10H9ClN2S2. The Balaban J connectivity index is 1.82. The molecule has 0 amide bonds. The van der Waals surface area contributed by atoms with Gasteiger partial charge < -0.3 is 5.32 Å². The van der Waals surface area contributed by atoms with Crippen molar-refractivity contribution in [2.75, 3.05) is 5.32 Å². The van der Waals surface area contributed by atoms with Gasteiger partial charge in [-0.3, -0.25) is 0 Å². The summed E-state index contributed by atoms with van der Waals surface area (Å²) in [5.41, 5.74) is 2.14. The van der Waals surface area contributed by atoms with Gasteiger partial charge in [0.15, 0.2) is 5.13 Å². The maximum Gasteiger partial charge on any atom is 0.183 e. The summed E-state index contributed by atoms with van der Waals surface area (Å²) in [7, 11) is 0. The van der Waals surface area contributed by atoms with E-state index in [2.05, 4.69) is 15.7 Å². The van der Waals surface area contributed by atoms with Crippen molar-refractivity contribution in [3.05, 3.63) is 21.2 Å². The highest BCUT2D eigenvalue weighted by atomic mass is 35.5. The van der Waals surface area contributed by atoms with E-state index in [0.29, 0.717) is 6.04 Å². The van der Waals surface area contributed by atoms with Crippen molar-refractivity contribution in [1.82, 2.24) is 4.98 Å². The van der Waals surface area contributed by atoms with Crippen LogP contribution in [-0.4, -0.2) is 11.0 Å². The summed E-state index contributed by atoms with van der Waals surface area (Å²) in [6, 6.07) is 2.62. The summed E-state index contributed by atoms with van der Waals surface area (Å²) in [6.07, 6.45) is 2.55. The quantitative estimate of drug-likeness (QED) is 0.894. The number of thiazole rings is 1. The predicted molar refractivity (Wildman–Crippen MR) is 67.1 cm³/mol. The first-order chi connectivity index (χ1) is 7.31. The molecule has 1 aliphatic rings. The monoisotopic (exact) mass is 256 g/mol. The van der Waals surface area contributed by atoms with E-state index in [0.717, 1.165) is 20.7 Å². The number of halogens is 1. The second kappa shape index (κ2) is 3.77. The number of anilines is 1. The molecule has 2 nitrogen and oxygen atoms in total. The van der Waals surface area contributed by atoms with Crippen molar-refractivity contribution in [3.63, 3.8) is 0 Å². The largest absolute Gasteiger partial charge is 0.359 e. The van der Waals surface area contributed by atoms with Crippen molar-refractivity contribution in [3.8, 4) is 11.3 Å². The Bertz CT molecular complexity index is 473. The van der Waals surface area contributed by atoms with Crippen molar-refractivity contribution >= 4 is 39.4 Å². The van der Waals surface area contributed by atoms with Crippen LogP contribution in [0.15, 0.2) is 16.8 Å². The molecule has 1 aliphatic carbocycles. The first kappa shape index (κ1) is 9.63. The van der Waals surface area contributed by atoms with E-state index >= 15 is 0 Å². The lowest BCUT2D eigenvalue weighted by Crippen LogP contribution is -1.99. The maximum atomic E-state index is 5.89. The van der Waals surface area contributed by atoms with Gasteiger partial charge in [-0.15, -0.1) is 22.7 Å². The van der Waals surface area contributed by atoms with Gasteiger partial charge >= 0.3 is 0 Å². The molecule has 0 spiro atoms. The molecule has 1 saturated carbocycles. The van der Waals surface area contributed by atoms with E-state index in [1.165, 1.54) is 12.8 Å². The summed E-state index contributed by atoms with van der Waals surface area (Å²) < 4.78 is 0.815. The van der Waals surface area contributed by atoms with Crippen LogP contribution in [0.4, 0.5) is 5.13 Å². The topological polar surface area (TPSA) is 24.9 Å². The fourth-order valence-corrected chi connectivity index (χ4v) is 2.99. The van der Waals surface area contributed by atoms with Crippen LogP contribution >= 0.6 is 34.3 Å². The van der Waals surface area contributed by atoms with Crippen molar-refractivity contribution in [2.45, 2.75) is 18.9 Å². The number of hydrogen-bond donors (Lipinski definition) is 1. The van der Waals surface area contributed by atoms with E-state index in [9.17, 15) is 0 Å². The first-order valence-corrected chi connectivity index (χ1v) is 6.91. The molecule has 3 rings (SSSR count). The van der Waals surface area contributed by atoms with Crippen LogP contribution < -0.4 is 5.32 Å². The van der Waals surface area contributed by atoms with Crippen LogP contribution in [0.25, 0.3) is 11.3 Å². The summed E-state index contributed by atoms with van der Waals surface area (Å²) in [5.74, 6) is 0. The molecule has 2 aromatic heterocycles. The molecule has 0 aliphatic heterocycles. The van der Waals surface area contributed by atoms with Gasteiger partial charge in [-0.1, -0.05) is 11.6 Å². The van der Waals surface area contributed by atoms with Crippen molar-refractivity contribution in [2.24, 2.45) is 0 Å². The normalized spacial score (nSPS) is 15.5. The molecule has 0 bridgehead atoms. The lowest BCUT2D eigenvalue weighted by atomic mass is 10.3. The average Bonchev–Trinajstić information content (AvgIpc) is 2.74. The predicted octanol–water partition coefficient (Wildman–Crippen LogP) is 4.10. The zero-order valence-corrected chi connectivity index (χ0v) is 10.3. The number of aromatic nitrogens is 1. The molecule has 0 atom stereocenters. The van der Waals surface area contributed by atoms with E-state index in [-0.39, 0.29) is 0 Å². The molecule has 78 valence electrons. The lowest BCUT2D eigenvalue weighted by Gasteiger charge is -1.95. The van der Waals surface area contributed by atoms with Gasteiger partial charge in [-0.25, -0.2) is 4.98 Å². The minimum Gasteiger partial charge on any atom is -0.359 e. The molecule has 0 radical (unpaired) electrons. The first-order valence-electron chi connectivity index (χ1n) is 4.78. The van der Waals surface area contributed by atoms with E-state index in [1.54, 1.807) is 22.7 Å². The average molecular weight is 257 g/mol. The number of rotatable bonds is 3. The summed E-state index contributed by atoms with van der Waals surface area (Å²) in [4.78, 5) is 4.53. The smallest absolute Gasteiger partial charge is 0.183 e. The zero-order chi connectivity index (χ0) is 10.3. The van der Waals surface area contributed by atoms with E-state index < -0.39 is 0 Å². The Morgan fingerprint density at radius 3 is 2.87 bits per heavy atom. The third kappa shape index (κ3) is 2.17. The molecule has 1 fully saturated rings. The highest BCUT2D eigenvalue weighted by molar-refractivity contribution is 7.15. The van der Waals surface area contributed by atoms with Gasteiger partial charge in [-0.2, -0.15) is 0 Å². The van der Waals surface area contributed by atoms with Crippen LogP contribution in [0.3, 0.4) is 0 Å². The second-order valence-electron chi connectivity index (χ2n) is 3.60. The minimum atomic E-state index is 0.662. The Kier molecular flexibility index (Phi) is 2.42. The van der Waals surface area contributed by atoms with Crippen LogP contribution in [-0.2, 0) is 0 Å². The van der Waals surface area contributed by atoms with Gasteiger partial charge in [0.1, 0.15) is 0 Å². The number of hydrogen-bond acceptors (Lipinski definition) is 4. The second-order valence-corrected chi connectivity index (χ2v) is 6.00. The third-order valence-electron chi connectivity index (χ3n) is 2.27. The molecule has 1 N–H and O–H groups in total. The standard InChI is InChI=1S/C10H9ClN2S2/c11-9-3-6(4-14-9)8-5-15-10(13-8)12-7-1-2-7/h3-5,7H,1-2H2,(H,12,13). The van der Waals surface area contributed by atoms with Gasteiger partial charge in [0, 0.05) is 22.4 Å². The van der Waals surface area contributed by atoms with Crippen LogP contribution in [0.2, 0.25) is 4.34 Å². The highest BCUT2D eigenvalue weighted by Crippen LogP contribution is 2.32. The maximum absolute atomic E-state index is 5.89. The lowest BCUT2D eigenvalue weighted by molar-refractivity contribution is 1.14. The van der Waals surface area contributed by atoms with Gasteiger partial charge in [0.25, 0.3) is 0 Å². The van der Waals surface area contributed by atoms with Gasteiger partial charge in [0.05, 0.1) is 10.0 Å². The minimum absolute atomic E-state index is 0.662. The van der Waals surface area contributed by atoms with E-state index in [4.69, 9.17) is 11.6 Å². The molecule has 15 heavy (non-hydrogen) atoms. The van der Waals surface area contributed by atoms with Crippen molar-refractivity contribution < 1.29 is 0 Å². The molecule has 2 heterocycles. The molecule has 5 heteroatoms. The van der Waals surface area contributed by atoms with Crippen LogP contribution in [0, 0.1) is 0 Å².